The van der Waals surface area contributed by atoms with Crippen molar-refractivity contribution in [3.8, 4) is 0 Å². The number of hydrogen-bond acceptors (Lipinski definition) is 6. The molecule has 0 radical (unpaired) electrons. The SMILES string of the molecule is O=C1Cc2ccc(Nc3nc4ccccc4nc3NS(=O)(=O)c3ccc(Cl)cc3)cc2N1. The van der Waals surface area contributed by atoms with E-state index in [1.165, 1.54) is 24.3 Å². The van der Waals surface area contributed by atoms with Gasteiger partial charge in [0.15, 0.2) is 11.6 Å². The van der Waals surface area contributed by atoms with E-state index in [-0.39, 0.29) is 22.4 Å². The number of amides is 1. The molecule has 1 aliphatic rings. The molecule has 1 amide bonds. The lowest BCUT2D eigenvalue weighted by molar-refractivity contribution is -0.115. The molecule has 8 nitrogen and oxygen atoms in total. The van der Waals surface area contributed by atoms with Crippen molar-refractivity contribution in [3.63, 3.8) is 0 Å². The molecule has 1 aliphatic heterocycles. The molecule has 5 rings (SSSR count). The molecule has 0 atom stereocenters. The molecule has 0 aliphatic carbocycles. The number of hydrogen-bond donors (Lipinski definition) is 3. The van der Waals surface area contributed by atoms with Crippen molar-refractivity contribution in [1.82, 2.24) is 9.97 Å². The number of carbonyl (C=O) groups is 1. The Morgan fingerprint density at radius 2 is 1.59 bits per heavy atom. The molecule has 0 bridgehead atoms. The van der Waals surface area contributed by atoms with Crippen LogP contribution in [-0.4, -0.2) is 24.3 Å². The van der Waals surface area contributed by atoms with Gasteiger partial charge in [-0.3, -0.25) is 9.52 Å². The fourth-order valence-corrected chi connectivity index (χ4v) is 4.52. The van der Waals surface area contributed by atoms with Crippen LogP contribution in [0, 0.1) is 0 Å². The predicted molar refractivity (Wildman–Crippen MR) is 124 cm³/mol. The highest BCUT2D eigenvalue weighted by atomic mass is 35.5. The molecule has 4 aromatic rings. The maximum atomic E-state index is 12.9. The van der Waals surface area contributed by atoms with Gasteiger partial charge in [0.25, 0.3) is 10.0 Å². The minimum Gasteiger partial charge on any atom is -0.337 e. The van der Waals surface area contributed by atoms with E-state index in [0.717, 1.165) is 5.56 Å². The molecule has 3 aromatic carbocycles. The lowest BCUT2D eigenvalue weighted by Gasteiger charge is -2.14. The van der Waals surface area contributed by atoms with E-state index in [4.69, 9.17) is 11.6 Å². The van der Waals surface area contributed by atoms with Crippen molar-refractivity contribution in [2.24, 2.45) is 0 Å². The van der Waals surface area contributed by atoms with Crippen molar-refractivity contribution in [1.29, 1.82) is 0 Å². The average Bonchev–Trinajstić information content (AvgIpc) is 3.13. The number of nitrogens with zero attached hydrogens (tertiary/aromatic N) is 2. The highest BCUT2D eigenvalue weighted by Crippen LogP contribution is 2.31. The van der Waals surface area contributed by atoms with E-state index in [2.05, 4.69) is 25.3 Å². The van der Waals surface area contributed by atoms with E-state index >= 15 is 0 Å². The number of rotatable bonds is 5. The van der Waals surface area contributed by atoms with Gasteiger partial charge in [-0.15, -0.1) is 0 Å². The highest BCUT2D eigenvalue weighted by Gasteiger charge is 2.21. The van der Waals surface area contributed by atoms with Crippen molar-refractivity contribution >= 4 is 61.6 Å². The second-order valence-corrected chi connectivity index (χ2v) is 9.31. The molecule has 10 heteroatoms. The minimum atomic E-state index is -3.94. The van der Waals surface area contributed by atoms with Gasteiger partial charge in [-0.2, -0.15) is 0 Å². The first-order chi connectivity index (χ1) is 15.4. The Kier molecular flexibility index (Phi) is 4.91. The van der Waals surface area contributed by atoms with Gasteiger partial charge in [0.2, 0.25) is 5.91 Å². The van der Waals surface area contributed by atoms with Crippen LogP contribution in [0.25, 0.3) is 11.0 Å². The monoisotopic (exact) mass is 465 g/mol. The zero-order chi connectivity index (χ0) is 22.3. The largest absolute Gasteiger partial charge is 0.337 e. The molecule has 1 aromatic heterocycles. The summed E-state index contributed by atoms with van der Waals surface area (Å²) < 4.78 is 28.4. The van der Waals surface area contributed by atoms with Crippen LogP contribution in [0.1, 0.15) is 5.56 Å². The number of anilines is 4. The molecule has 3 N–H and O–H groups in total. The van der Waals surface area contributed by atoms with Crippen LogP contribution in [0.4, 0.5) is 23.0 Å². The fraction of sp³-hybridized carbons (Fsp3) is 0.0455. The number of benzene rings is 3. The predicted octanol–water partition coefficient (Wildman–Crippen LogP) is 4.32. The Balaban J connectivity index is 1.55. The molecular weight excluding hydrogens is 450 g/mol. The van der Waals surface area contributed by atoms with Gasteiger partial charge in [-0.1, -0.05) is 29.8 Å². The quantitative estimate of drug-likeness (QED) is 0.404. The summed E-state index contributed by atoms with van der Waals surface area (Å²) in [5.74, 6) is 0.202. The summed E-state index contributed by atoms with van der Waals surface area (Å²) in [6, 6.07) is 18.4. The second kappa shape index (κ2) is 7.77. The third kappa shape index (κ3) is 3.95. The van der Waals surface area contributed by atoms with Crippen LogP contribution in [0.5, 0.6) is 0 Å². The van der Waals surface area contributed by atoms with Crippen LogP contribution in [0.2, 0.25) is 5.02 Å². The molecule has 0 saturated carbocycles. The van der Waals surface area contributed by atoms with Gasteiger partial charge in [-0.05, 0) is 54.1 Å². The second-order valence-electron chi connectivity index (χ2n) is 7.19. The molecule has 0 fully saturated rings. The topological polar surface area (TPSA) is 113 Å². The first-order valence-electron chi connectivity index (χ1n) is 9.62. The van der Waals surface area contributed by atoms with Crippen LogP contribution < -0.4 is 15.4 Å². The lowest BCUT2D eigenvalue weighted by atomic mass is 10.1. The number of halogens is 1. The maximum Gasteiger partial charge on any atom is 0.263 e. The van der Waals surface area contributed by atoms with Crippen LogP contribution in [0.3, 0.4) is 0 Å². The van der Waals surface area contributed by atoms with Crippen LogP contribution in [0.15, 0.2) is 71.6 Å². The molecule has 32 heavy (non-hydrogen) atoms. The number of nitrogens with one attached hydrogen (secondary N) is 3. The number of aromatic nitrogens is 2. The molecule has 160 valence electrons. The molecule has 0 spiro atoms. The van der Waals surface area contributed by atoms with Gasteiger partial charge < -0.3 is 10.6 Å². The Morgan fingerprint density at radius 1 is 0.906 bits per heavy atom. The standard InChI is InChI=1S/C22H16ClN5O3S/c23-14-6-9-16(10-7-14)32(30,31)28-22-21(26-17-3-1-2-4-18(17)27-22)24-15-8-5-13-11-20(29)25-19(13)12-15/h1-10,12H,11H2,(H,24,26)(H,25,29)(H,27,28). The van der Waals surface area contributed by atoms with E-state index in [1.807, 2.05) is 12.1 Å². The third-order valence-corrected chi connectivity index (χ3v) is 6.53. The molecule has 0 saturated heterocycles. The average molecular weight is 466 g/mol. The van der Waals surface area contributed by atoms with Crippen molar-refractivity contribution in [2.45, 2.75) is 11.3 Å². The van der Waals surface area contributed by atoms with Gasteiger partial charge in [0.1, 0.15) is 0 Å². The fourth-order valence-electron chi connectivity index (χ4n) is 3.39. The molecule has 2 heterocycles. The smallest absolute Gasteiger partial charge is 0.263 e. The summed E-state index contributed by atoms with van der Waals surface area (Å²) in [6.07, 6.45) is 0.331. The van der Waals surface area contributed by atoms with E-state index in [1.54, 1.807) is 30.3 Å². The van der Waals surface area contributed by atoms with Crippen molar-refractivity contribution in [3.05, 3.63) is 77.3 Å². The Morgan fingerprint density at radius 3 is 2.31 bits per heavy atom. The Bertz CT molecular complexity index is 1470. The first-order valence-corrected chi connectivity index (χ1v) is 11.5. The summed E-state index contributed by atoms with van der Waals surface area (Å²) in [5.41, 5.74) is 3.36. The van der Waals surface area contributed by atoms with Gasteiger partial charge in [0, 0.05) is 16.4 Å². The third-order valence-electron chi connectivity index (χ3n) is 4.92. The Labute approximate surface area is 188 Å². The van der Waals surface area contributed by atoms with E-state index in [0.29, 0.717) is 33.9 Å². The number of para-hydroxylation sites is 2. The van der Waals surface area contributed by atoms with Crippen LogP contribution >= 0.6 is 11.6 Å². The van der Waals surface area contributed by atoms with Gasteiger partial charge in [-0.25, -0.2) is 18.4 Å². The summed E-state index contributed by atoms with van der Waals surface area (Å²) in [5, 5.41) is 6.35. The zero-order valence-corrected chi connectivity index (χ0v) is 18.0. The molecular formula is C22H16ClN5O3S. The summed E-state index contributed by atoms with van der Waals surface area (Å²) >= 11 is 5.88. The van der Waals surface area contributed by atoms with Crippen LogP contribution in [-0.2, 0) is 21.2 Å². The van der Waals surface area contributed by atoms with Crippen molar-refractivity contribution < 1.29 is 13.2 Å². The number of carbonyl (C=O) groups excluding carboxylic acids is 1. The van der Waals surface area contributed by atoms with E-state index in [9.17, 15) is 13.2 Å². The summed E-state index contributed by atoms with van der Waals surface area (Å²) in [7, 11) is -3.94. The zero-order valence-electron chi connectivity index (χ0n) is 16.5. The number of sulfonamides is 1. The van der Waals surface area contributed by atoms with Gasteiger partial charge >= 0.3 is 0 Å². The first kappa shape index (κ1) is 20.2. The molecule has 0 unspecified atom stereocenters. The van der Waals surface area contributed by atoms with Gasteiger partial charge in [0.05, 0.1) is 22.3 Å². The minimum absolute atomic E-state index is 0.0445. The highest BCUT2D eigenvalue weighted by molar-refractivity contribution is 7.92. The summed E-state index contributed by atoms with van der Waals surface area (Å²) in [4.78, 5) is 20.7. The summed E-state index contributed by atoms with van der Waals surface area (Å²) in [6.45, 7) is 0. The van der Waals surface area contributed by atoms with Crippen molar-refractivity contribution in [2.75, 3.05) is 15.4 Å². The Hall–Kier alpha value is -3.69. The maximum absolute atomic E-state index is 12.9. The lowest BCUT2D eigenvalue weighted by Crippen LogP contribution is -2.16. The number of fused-ring (bicyclic) bond motifs is 2. The normalized spacial score (nSPS) is 13.0. The van der Waals surface area contributed by atoms with E-state index < -0.39 is 10.0 Å².